The van der Waals surface area contributed by atoms with Crippen LogP contribution in [0.3, 0.4) is 0 Å². The number of pyridine rings is 1. The fourth-order valence-electron chi connectivity index (χ4n) is 2.34. The molecule has 0 bridgehead atoms. The van der Waals surface area contributed by atoms with Gasteiger partial charge in [0.15, 0.2) is 5.96 Å². The first-order valence-electron chi connectivity index (χ1n) is 7.29. The van der Waals surface area contributed by atoms with Crippen molar-refractivity contribution in [2.45, 2.75) is 25.4 Å². The standard InChI is InChI=1S/C14H20F3N5.HI/c15-14(16,17)11-5-4-6-19-12(11)20-7-8-21-13(18)22-9-2-1-3-10-22;/h4-6H,1-3,7-10H2,(H2,18,21)(H,19,20);1H. The van der Waals surface area contributed by atoms with E-state index in [0.29, 0.717) is 12.5 Å². The number of halogens is 4. The zero-order valence-electron chi connectivity index (χ0n) is 12.6. The van der Waals surface area contributed by atoms with Crippen molar-refractivity contribution in [2.75, 3.05) is 31.5 Å². The highest BCUT2D eigenvalue weighted by atomic mass is 127. The van der Waals surface area contributed by atoms with Crippen LogP contribution in [0.4, 0.5) is 19.0 Å². The summed E-state index contributed by atoms with van der Waals surface area (Å²) in [5.41, 5.74) is 5.10. The molecule has 0 spiro atoms. The van der Waals surface area contributed by atoms with Crippen LogP contribution in [0.15, 0.2) is 23.3 Å². The molecule has 2 heterocycles. The Kier molecular flexibility index (Phi) is 7.86. The molecule has 0 amide bonds. The topological polar surface area (TPSA) is 66.5 Å². The molecule has 3 N–H and O–H groups in total. The third-order valence-corrected chi connectivity index (χ3v) is 3.47. The van der Waals surface area contributed by atoms with Crippen LogP contribution in [-0.4, -0.2) is 42.0 Å². The molecule has 1 aromatic rings. The molecule has 1 fully saturated rings. The molecule has 1 aromatic heterocycles. The van der Waals surface area contributed by atoms with Gasteiger partial charge in [-0.15, -0.1) is 24.0 Å². The Bertz CT molecular complexity index is 515. The molecule has 5 nitrogen and oxygen atoms in total. The van der Waals surface area contributed by atoms with E-state index in [0.717, 1.165) is 32.0 Å². The number of nitrogens with one attached hydrogen (secondary N) is 1. The smallest absolute Gasteiger partial charge is 0.370 e. The fraction of sp³-hybridized carbons (Fsp3) is 0.571. The lowest BCUT2D eigenvalue weighted by molar-refractivity contribution is -0.137. The zero-order valence-corrected chi connectivity index (χ0v) is 15.0. The number of likely N-dealkylation sites (tertiary alicyclic amines) is 1. The van der Waals surface area contributed by atoms with Gasteiger partial charge in [-0.25, -0.2) is 4.98 Å². The quantitative estimate of drug-likeness (QED) is 0.325. The van der Waals surface area contributed by atoms with Crippen LogP contribution in [0.1, 0.15) is 24.8 Å². The summed E-state index contributed by atoms with van der Waals surface area (Å²) in [5.74, 6) is 0.278. The van der Waals surface area contributed by atoms with Gasteiger partial charge in [0.25, 0.3) is 0 Å². The lowest BCUT2D eigenvalue weighted by atomic mass is 10.1. The predicted molar refractivity (Wildman–Crippen MR) is 95.1 cm³/mol. The number of anilines is 1. The Labute approximate surface area is 150 Å². The Morgan fingerprint density at radius 3 is 2.65 bits per heavy atom. The molecule has 1 aliphatic rings. The fourth-order valence-corrected chi connectivity index (χ4v) is 2.34. The third kappa shape index (κ3) is 6.04. The SMILES string of the molecule is I.NC(=NCCNc1ncccc1C(F)(F)F)N1CCCCC1. The molecule has 1 aliphatic heterocycles. The summed E-state index contributed by atoms with van der Waals surface area (Å²) in [6, 6.07) is 2.27. The second kappa shape index (κ2) is 9.14. The molecular weight excluding hydrogens is 422 g/mol. The molecule has 2 rings (SSSR count). The maximum atomic E-state index is 12.8. The predicted octanol–water partition coefficient (Wildman–Crippen LogP) is 2.93. The van der Waals surface area contributed by atoms with Gasteiger partial charge in [-0.05, 0) is 31.4 Å². The number of guanidine groups is 1. The number of nitrogens with zero attached hydrogens (tertiary/aromatic N) is 3. The maximum Gasteiger partial charge on any atom is 0.419 e. The van der Waals surface area contributed by atoms with Gasteiger partial charge in [0.05, 0.1) is 12.1 Å². The van der Waals surface area contributed by atoms with Crippen LogP contribution in [0.25, 0.3) is 0 Å². The lowest BCUT2D eigenvalue weighted by Gasteiger charge is -2.27. The van der Waals surface area contributed by atoms with E-state index in [-0.39, 0.29) is 36.3 Å². The summed E-state index contributed by atoms with van der Waals surface area (Å²) in [6.07, 6.45) is 0.287. The van der Waals surface area contributed by atoms with E-state index in [9.17, 15) is 13.2 Å². The lowest BCUT2D eigenvalue weighted by Crippen LogP contribution is -2.41. The first kappa shape index (κ1) is 19.8. The molecule has 23 heavy (non-hydrogen) atoms. The van der Waals surface area contributed by atoms with Crippen molar-refractivity contribution >= 4 is 35.8 Å². The van der Waals surface area contributed by atoms with Gasteiger partial charge in [-0.1, -0.05) is 0 Å². The van der Waals surface area contributed by atoms with Gasteiger partial charge in [0.1, 0.15) is 5.82 Å². The van der Waals surface area contributed by atoms with Crippen LogP contribution in [0, 0.1) is 0 Å². The molecule has 0 atom stereocenters. The van der Waals surface area contributed by atoms with Gasteiger partial charge >= 0.3 is 6.18 Å². The molecule has 0 aromatic carbocycles. The Morgan fingerprint density at radius 2 is 2.00 bits per heavy atom. The minimum absolute atomic E-state index is 0. The number of hydrogen-bond acceptors (Lipinski definition) is 3. The number of piperidine rings is 1. The highest BCUT2D eigenvalue weighted by Gasteiger charge is 2.33. The van der Waals surface area contributed by atoms with Gasteiger partial charge in [-0.3, -0.25) is 4.99 Å². The van der Waals surface area contributed by atoms with E-state index in [1.807, 2.05) is 4.90 Å². The van der Waals surface area contributed by atoms with Crippen LogP contribution < -0.4 is 11.1 Å². The summed E-state index contributed by atoms with van der Waals surface area (Å²) in [5, 5.41) is 2.67. The first-order valence-corrected chi connectivity index (χ1v) is 7.29. The van der Waals surface area contributed by atoms with Crippen molar-refractivity contribution in [2.24, 2.45) is 10.7 Å². The monoisotopic (exact) mass is 443 g/mol. The van der Waals surface area contributed by atoms with Crippen LogP contribution >= 0.6 is 24.0 Å². The first-order chi connectivity index (χ1) is 10.5. The van der Waals surface area contributed by atoms with Gasteiger partial charge < -0.3 is 16.0 Å². The molecule has 0 radical (unpaired) electrons. The van der Waals surface area contributed by atoms with Gasteiger partial charge in [0, 0.05) is 25.8 Å². The second-order valence-electron chi connectivity index (χ2n) is 5.11. The number of nitrogens with two attached hydrogens (primary N) is 1. The third-order valence-electron chi connectivity index (χ3n) is 3.47. The van der Waals surface area contributed by atoms with Crippen LogP contribution in [0.5, 0.6) is 0 Å². The van der Waals surface area contributed by atoms with Crippen molar-refractivity contribution in [3.63, 3.8) is 0 Å². The van der Waals surface area contributed by atoms with Gasteiger partial charge in [0.2, 0.25) is 0 Å². The number of hydrogen-bond donors (Lipinski definition) is 2. The summed E-state index contributed by atoms with van der Waals surface area (Å²) < 4.78 is 38.4. The Hall–Kier alpha value is -1.26. The Morgan fingerprint density at radius 1 is 1.30 bits per heavy atom. The normalized spacial score (nSPS) is 16.0. The highest BCUT2D eigenvalue weighted by molar-refractivity contribution is 14.0. The van der Waals surface area contributed by atoms with Crippen LogP contribution in [0.2, 0.25) is 0 Å². The van der Waals surface area contributed by atoms with E-state index in [1.54, 1.807) is 0 Å². The van der Waals surface area contributed by atoms with Crippen molar-refractivity contribution in [1.82, 2.24) is 9.88 Å². The van der Waals surface area contributed by atoms with E-state index in [2.05, 4.69) is 15.3 Å². The molecular formula is C14H21F3IN5. The molecule has 0 saturated carbocycles. The van der Waals surface area contributed by atoms with Crippen LogP contribution in [-0.2, 0) is 6.18 Å². The minimum Gasteiger partial charge on any atom is -0.370 e. The summed E-state index contributed by atoms with van der Waals surface area (Å²) in [7, 11) is 0. The number of aromatic nitrogens is 1. The molecule has 130 valence electrons. The van der Waals surface area contributed by atoms with E-state index >= 15 is 0 Å². The number of aliphatic imine (C=N–C) groups is 1. The van der Waals surface area contributed by atoms with Crippen molar-refractivity contribution < 1.29 is 13.2 Å². The van der Waals surface area contributed by atoms with E-state index < -0.39 is 11.7 Å². The highest BCUT2D eigenvalue weighted by Crippen LogP contribution is 2.33. The molecule has 0 aliphatic carbocycles. The Balaban J connectivity index is 0.00000264. The summed E-state index contributed by atoms with van der Waals surface area (Å²) >= 11 is 0. The van der Waals surface area contributed by atoms with Crippen molar-refractivity contribution in [3.8, 4) is 0 Å². The molecule has 9 heteroatoms. The summed E-state index contributed by atoms with van der Waals surface area (Å²) in [6.45, 7) is 2.33. The van der Waals surface area contributed by atoms with E-state index in [4.69, 9.17) is 5.73 Å². The number of rotatable bonds is 4. The minimum atomic E-state index is -4.42. The summed E-state index contributed by atoms with van der Waals surface area (Å²) in [4.78, 5) is 9.94. The van der Waals surface area contributed by atoms with Gasteiger partial charge in [-0.2, -0.15) is 13.2 Å². The molecule has 0 unspecified atom stereocenters. The largest absolute Gasteiger partial charge is 0.419 e. The maximum absolute atomic E-state index is 12.8. The van der Waals surface area contributed by atoms with Crippen molar-refractivity contribution in [3.05, 3.63) is 23.9 Å². The second-order valence-corrected chi connectivity index (χ2v) is 5.11. The zero-order chi connectivity index (χ0) is 16.0. The number of alkyl halides is 3. The average Bonchev–Trinajstić information content (AvgIpc) is 2.51. The van der Waals surface area contributed by atoms with Crippen molar-refractivity contribution in [1.29, 1.82) is 0 Å². The van der Waals surface area contributed by atoms with E-state index in [1.165, 1.54) is 18.7 Å². The average molecular weight is 443 g/mol. The molecule has 1 saturated heterocycles.